The molecule has 4 rings (SSSR count). The Kier molecular flexibility index (Phi) is 5.68. The second-order valence-corrected chi connectivity index (χ2v) is 11.2. The number of thiophene rings is 1. The zero-order chi connectivity index (χ0) is 21.7. The van der Waals surface area contributed by atoms with Gasteiger partial charge in [0.25, 0.3) is 11.8 Å². The lowest BCUT2D eigenvalue weighted by Gasteiger charge is -2.34. The molecule has 166 valence electrons. The molecule has 2 aromatic rings. The summed E-state index contributed by atoms with van der Waals surface area (Å²) in [6.07, 6.45) is 3.41. The maximum absolute atomic E-state index is 13.5. The third-order valence-corrected chi connectivity index (χ3v) is 7.35. The Morgan fingerprint density at radius 1 is 1.30 bits per heavy atom. The Hall–Kier alpha value is -1.54. The molecule has 0 spiro atoms. The van der Waals surface area contributed by atoms with Gasteiger partial charge in [0.05, 0.1) is 17.1 Å². The van der Waals surface area contributed by atoms with Crippen LogP contribution in [0.25, 0.3) is 10.2 Å². The number of hydrogen-bond acceptors (Lipinski definition) is 4. The van der Waals surface area contributed by atoms with E-state index in [0.717, 1.165) is 53.0 Å². The third kappa shape index (κ3) is 4.69. The molecule has 0 bridgehead atoms. The van der Waals surface area contributed by atoms with Gasteiger partial charge in [-0.2, -0.15) is 5.10 Å². The van der Waals surface area contributed by atoms with Crippen LogP contribution in [0.3, 0.4) is 0 Å². The highest BCUT2D eigenvalue weighted by molar-refractivity contribution is 7.20. The molecule has 1 saturated carbocycles. The van der Waals surface area contributed by atoms with E-state index in [1.807, 2.05) is 22.6 Å². The molecule has 0 aromatic carbocycles. The van der Waals surface area contributed by atoms with Crippen LogP contribution in [0.15, 0.2) is 6.07 Å². The van der Waals surface area contributed by atoms with Gasteiger partial charge in [-0.05, 0) is 44.1 Å². The summed E-state index contributed by atoms with van der Waals surface area (Å²) in [5.74, 6) is -2.57. The zero-order valence-corrected chi connectivity index (χ0v) is 19.1. The summed E-state index contributed by atoms with van der Waals surface area (Å²) >= 11 is 1.50. The summed E-state index contributed by atoms with van der Waals surface area (Å²) in [6.45, 7) is 9.70. The predicted molar refractivity (Wildman–Crippen MR) is 116 cm³/mol. The van der Waals surface area contributed by atoms with Crippen molar-refractivity contribution in [1.29, 1.82) is 0 Å². The molecule has 0 atom stereocenters. The molecule has 8 heteroatoms. The molecule has 1 aliphatic heterocycles. The number of alkyl halides is 2. The fourth-order valence-corrected chi connectivity index (χ4v) is 5.76. The second kappa shape index (κ2) is 7.86. The Morgan fingerprint density at radius 2 is 2.00 bits per heavy atom. The predicted octanol–water partition coefficient (Wildman–Crippen LogP) is 4.83. The lowest BCUT2D eigenvalue weighted by Crippen LogP contribution is -2.43. The van der Waals surface area contributed by atoms with Gasteiger partial charge in [0.2, 0.25) is 0 Å². The first-order valence-electron chi connectivity index (χ1n) is 10.9. The van der Waals surface area contributed by atoms with Crippen molar-refractivity contribution in [2.75, 3.05) is 13.1 Å². The van der Waals surface area contributed by atoms with Crippen LogP contribution in [0.5, 0.6) is 0 Å². The molecule has 3 heterocycles. The number of amides is 1. The number of nitrogens with zero attached hydrogens (tertiary/aromatic N) is 3. The van der Waals surface area contributed by atoms with E-state index in [4.69, 9.17) is 0 Å². The fourth-order valence-electron chi connectivity index (χ4n) is 4.70. The number of likely N-dealkylation sites (tertiary alicyclic amines) is 1. The number of aromatic nitrogens is 2. The van der Waals surface area contributed by atoms with Crippen LogP contribution in [-0.2, 0) is 6.54 Å². The van der Waals surface area contributed by atoms with Gasteiger partial charge in [0.15, 0.2) is 0 Å². The maximum atomic E-state index is 13.5. The molecule has 5 nitrogen and oxygen atoms in total. The third-order valence-electron chi connectivity index (χ3n) is 6.20. The van der Waals surface area contributed by atoms with Gasteiger partial charge in [-0.25, -0.2) is 8.78 Å². The highest BCUT2D eigenvalue weighted by Gasteiger charge is 2.41. The molecular formula is C22H32F2N4OS. The second-order valence-electron chi connectivity index (χ2n) is 10.2. The normalized spacial score (nSPS) is 25.1. The lowest BCUT2D eigenvalue weighted by atomic mass is 9.90. The molecule has 2 aliphatic rings. The Labute approximate surface area is 180 Å². The fraction of sp³-hybridized carbons (Fsp3) is 0.727. The van der Waals surface area contributed by atoms with Crippen LogP contribution in [0.4, 0.5) is 8.78 Å². The molecule has 0 unspecified atom stereocenters. The lowest BCUT2D eigenvalue weighted by molar-refractivity contribution is 0.00505. The summed E-state index contributed by atoms with van der Waals surface area (Å²) in [4.78, 5) is 16.6. The molecule has 1 N–H and O–H groups in total. The molecule has 30 heavy (non-hydrogen) atoms. The van der Waals surface area contributed by atoms with Crippen molar-refractivity contribution >= 4 is 27.5 Å². The molecule has 1 saturated heterocycles. The summed E-state index contributed by atoms with van der Waals surface area (Å²) in [5.41, 5.74) is 1.06. The van der Waals surface area contributed by atoms with E-state index in [1.54, 1.807) is 0 Å². The van der Waals surface area contributed by atoms with E-state index in [-0.39, 0.29) is 36.4 Å². The highest BCUT2D eigenvalue weighted by atomic mass is 32.1. The number of carbonyl (C=O) groups excluding carboxylic acids is 1. The van der Waals surface area contributed by atoms with Crippen molar-refractivity contribution < 1.29 is 13.6 Å². The van der Waals surface area contributed by atoms with Gasteiger partial charge in [-0.15, -0.1) is 11.3 Å². The minimum Gasteiger partial charge on any atom is -0.349 e. The molecule has 2 aromatic heterocycles. The minimum atomic E-state index is -2.53. The zero-order valence-electron chi connectivity index (χ0n) is 18.3. The summed E-state index contributed by atoms with van der Waals surface area (Å²) < 4.78 is 29.0. The van der Waals surface area contributed by atoms with E-state index in [9.17, 15) is 13.6 Å². The van der Waals surface area contributed by atoms with E-state index in [0.29, 0.717) is 6.54 Å². The Balaban J connectivity index is 1.37. The first-order valence-corrected chi connectivity index (χ1v) is 11.7. The molecule has 1 amide bonds. The van der Waals surface area contributed by atoms with Crippen LogP contribution in [0, 0.1) is 12.3 Å². The average molecular weight is 439 g/mol. The van der Waals surface area contributed by atoms with Crippen molar-refractivity contribution in [3.8, 4) is 0 Å². The Morgan fingerprint density at radius 3 is 2.60 bits per heavy atom. The number of carbonyl (C=O) groups is 1. The topological polar surface area (TPSA) is 50.2 Å². The number of aryl methyl sites for hydroxylation is 1. The van der Waals surface area contributed by atoms with Crippen molar-refractivity contribution in [2.45, 2.75) is 84.4 Å². The standard InChI is InChI=1S/C22H32F2N4OS/c1-14-17-11-18(30-20(17)28(26-14)12-21(2,3)4)19(29)25-15-5-7-16(8-6-15)27-10-9-22(23,24)13-27/h11,15-16H,5-10,12-13H2,1-4H3,(H,25,29). The Bertz CT molecular complexity index is 922. The highest BCUT2D eigenvalue weighted by Crippen LogP contribution is 2.34. The number of rotatable bonds is 4. The smallest absolute Gasteiger partial charge is 0.261 e. The van der Waals surface area contributed by atoms with Gasteiger partial charge in [0, 0.05) is 37.0 Å². The SMILES string of the molecule is Cc1nn(CC(C)(C)C)c2sc(C(=O)NC3CCC(N4CCC(F)(F)C4)CC3)cc12. The van der Waals surface area contributed by atoms with Crippen molar-refractivity contribution in [3.63, 3.8) is 0 Å². The summed E-state index contributed by atoms with van der Waals surface area (Å²) in [7, 11) is 0. The van der Waals surface area contributed by atoms with Crippen LogP contribution in [0.2, 0.25) is 0 Å². The number of halogens is 2. The number of fused-ring (bicyclic) bond motifs is 1. The van der Waals surface area contributed by atoms with Gasteiger partial charge >= 0.3 is 0 Å². The van der Waals surface area contributed by atoms with E-state index < -0.39 is 5.92 Å². The summed E-state index contributed by atoms with van der Waals surface area (Å²) in [6, 6.07) is 2.30. The molecular weight excluding hydrogens is 406 g/mol. The van der Waals surface area contributed by atoms with Crippen LogP contribution in [-0.4, -0.2) is 51.7 Å². The maximum Gasteiger partial charge on any atom is 0.261 e. The van der Waals surface area contributed by atoms with Gasteiger partial charge < -0.3 is 5.32 Å². The first-order chi connectivity index (χ1) is 14.0. The number of hydrogen-bond donors (Lipinski definition) is 1. The molecule has 2 fully saturated rings. The van der Waals surface area contributed by atoms with Gasteiger partial charge in [-0.1, -0.05) is 20.8 Å². The monoisotopic (exact) mass is 438 g/mol. The quantitative estimate of drug-likeness (QED) is 0.744. The summed E-state index contributed by atoms with van der Waals surface area (Å²) in [5, 5.41) is 8.87. The first kappa shape index (κ1) is 21.7. The van der Waals surface area contributed by atoms with Crippen molar-refractivity contribution in [3.05, 3.63) is 16.6 Å². The minimum absolute atomic E-state index is 0.0261. The van der Waals surface area contributed by atoms with Crippen LogP contribution >= 0.6 is 11.3 Å². The molecule has 1 aliphatic carbocycles. The van der Waals surface area contributed by atoms with Gasteiger partial charge in [0.1, 0.15) is 4.83 Å². The van der Waals surface area contributed by atoms with E-state index >= 15 is 0 Å². The largest absolute Gasteiger partial charge is 0.349 e. The van der Waals surface area contributed by atoms with Crippen molar-refractivity contribution in [2.24, 2.45) is 5.41 Å². The number of nitrogens with one attached hydrogen (secondary N) is 1. The van der Waals surface area contributed by atoms with Gasteiger partial charge in [-0.3, -0.25) is 14.4 Å². The molecule has 0 radical (unpaired) electrons. The van der Waals surface area contributed by atoms with E-state index in [2.05, 4.69) is 31.2 Å². The van der Waals surface area contributed by atoms with Crippen molar-refractivity contribution in [1.82, 2.24) is 20.0 Å². The van der Waals surface area contributed by atoms with Crippen LogP contribution in [0.1, 0.15) is 68.2 Å². The van der Waals surface area contributed by atoms with Crippen LogP contribution < -0.4 is 5.32 Å². The van der Waals surface area contributed by atoms with E-state index in [1.165, 1.54) is 11.3 Å². The average Bonchev–Trinajstić information content (AvgIpc) is 3.30.